The molecule has 1 aromatic carbocycles. The smallest absolute Gasteiger partial charge is 0.744 e. The minimum Gasteiger partial charge on any atom is -0.744 e. The summed E-state index contributed by atoms with van der Waals surface area (Å²) in [5, 5.41) is 3.55. The second-order valence-electron chi connectivity index (χ2n) is 3.16. The molecule has 2 rings (SSSR count). The van der Waals surface area contributed by atoms with E-state index in [1.54, 1.807) is 17.7 Å². The number of aromatic nitrogens is 1. The van der Waals surface area contributed by atoms with E-state index in [1.807, 2.05) is 0 Å². The third-order valence-electron chi connectivity index (χ3n) is 2.18. The number of rotatable bonds is 1. The van der Waals surface area contributed by atoms with Crippen molar-refractivity contribution >= 4 is 31.7 Å². The van der Waals surface area contributed by atoms with Gasteiger partial charge in [0.05, 0.1) is 15.1 Å². The minimum absolute atomic E-state index is 0. The monoisotopic (exact) mass is 281 g/mol. The summed E-state index contributed by atoms with van der Waals surface area (Å²) in [5.74, 6) is 5.17. The Hall–Kier alpha value is -0.380. The molecule has 0 aliphatic rings. The van der Waals surface area contributed by atoms with Crippen LogP contribution >= 0.6 is 11.3 Å². The molecule has 0 radical (unpaired) electrons. The van der Waals surface area contributed by atoms with Gasteiger partial charge < -0.3 is 15.0 Å². The Bertz CT molecular complexity index is 717. The molecule has 6 nitrogen and oxygen atoms in total. The van der Waals surface area contributed by atoms with Gasteiger partial charge in [-0.3, -0.25) is 0 Å². The molecule has 1 aromatic heterocycles. The fourth-order valence-electron chi connectivity index (χ4n) is 1.39. The summed E-state index contributed by atoms with van der Waals surface area (Å²) in [4.78, 5) is 0.306. The largest absolute Gasteiger partial charge is 1.00 e. The maximum absolute atomic E-state index is 10.8. The zero-order valence-electron chi connectivity index (χ0n) is 9.25. The Balaban J connectivity index is 0.00000144. The predicted octanol–water partition coefficient (Wildman–Crippen LogP) is -3.08. The van der Waals surface area contributed by atoms with Gasteiger partial charge in [-0.15, -0.1) is 0 Å². The SMILES string of the molecule is Cn1/c(=N\N)sc2cc(S(=O)(=O)[O-])ccc21.[Na+]. The molecule has 0 fully saturated rings. The van der Waals surface area contributed by atoms with Crippen molar-refractivity contribution in [1.82, 2.24) is 4.57 Å². The van der Waals surface area contributed by atoms with Crippen molar-refractivity contribution in [3.05, 3.63) is 23.0 Å². The second-order valence-corrected chi connectivity index (χ2v) is 5.55. The topological polar surface area (TPSA) is 101 Å². The normalized spacial score (nSPS) is 12.7. The molecule has 0 saturated carbocycles. The van der Waals surface area contributed by atoms with Gasteiger partial charge >= 0.3 is 29.6 Å². The molecular weight excluding hydrogens is 273 g/mol. The molecule has 9 heteroatoms. The average molecular weight is 281 g/mol. The molecule has 0 atom stereocenters. The van der Waals surface area contributed by atoms with Gasteiger partial charge in [-0.1, -0.05) is 11.3 Å². The maximum atomic E-state index is 10.8. The first kappa shape index (κ1) is 14.7. The molecule has 0 aliphatic heterocycles. The third-order valence-corrected chi connectivity index (χ3v) is 4.12. The van der Waals surface area contributed by atoms with Gasteiger partial charge in [-0.25, -0.2) is 8.42 Å². The van der Waals surface area contributed by atoms with Crippen LogP contribution in [0, 0.1) is 0 Å². The van der Waals surface area contributed by atoms with E-state index in [-0.39, 0.29) is 34.5 Å². The quantitative estimate of drug-likeness (QED) is 0.259. The van der Waals surface area contributed by atoms with E-state index in [0.717, 1.165) is 5.52 Å². The van der Waals surface area contributed by atoms with E-state index in [0.29, 0.717) is 9.50 Å². The fourth-order valence-corrected chi connectivity index (χ4v) is 2.94. The Morgan fingerprint density at radius 2 is 2.12 bits per heavy atom. The maximum Gasteiger partial charge on any atom is 1.00 e. The minimum atomic E-state index is -4.42. The first-order valence-electron chi connectivity index (χ1n) is 4.23. The Labute approximate surface area is 124 Å². The van der Waals surface area contributed by atoms with Crippen LogP contribution in [0.25, 0.3) is 10.2 Å². The van der Waals surface area contributed by atoms with Crippen molar-refractivity contribution in [3.8, 4) is 0 Å². The summed E-state index contributed by atoms with van der Waals surface area (Å²) in [6.07, 6.45) is 0. The number of aryl methyl sites for hydroxylation is 1. The van der Waals surface area contributed by atoms with Gasteiger partial charge in [0.15, 0.2) is 0 Å². The summed E-state index contributed by atoms with van der Waals surface area (Å²) in [5.41, 5.74) is 0.779. The molecule has 0 saturated heterocycles. The molecule has 0 spiro atoms. The number of nitrogens with two attached hydrogens (primary N) is 1. The second kappa shape index (κ2) is 5.09. The molecule has 0 amide bonds. The van der Waals surface area contributed by atoms with Gasteiger partial charge in [0.1, 0.15) is 10.1 Å². The molecule has 86 valence electrons. The van der Waals surface area contributed by atoms with Crippen molar-refractivity contribution < 1.29 is 42.5 Å². The van der Waals surface area contributed by atoms with Gasteiger partial charge in [-0.2, -0.15) is 5.10 Å². The van der Waals surface area contributed by atoms with E-state index < -0.39 is 10.1 Å². The third kappa shape index (κ3) is 2.72. The summed E-state index contributed by atoms with van der Waals surface area (Å²) in [6.45, 7) is 0. The molecule has 17 heavy (non-hydrogen) atoms. The average Bonchev–Trinajstić information content (AvgIpc) is 2.54. The number of benzene rings is 1. The molecule has 0 aliphatic carbocycles. The zero-order chi connectivity index (χ0) is 11.9. The first-order valence-corrected chi connectivity index (χ1v) is 6.45. The first-order chi connectivity index (χ1) is 7.43. The van der Waals surface area contributed by atoms with Crippen molar-refractivity contribution in [3.63, 3.8) is 0 Å². The number of hydrogen-bond acceptors (Lipinski definition) is 6. The molecule has 0 bridgehead atoms. The van der Waals surface area contributed by atoms with Crippen molar-refractivity contribution in [2.24, 2.45) is 18.0 Å². The van der Waals surface area contributed by atoms with E-state index >= 15 is 0 Å². The summed E-state index contributed by atoms with van der Waals surface area (Å²) < 4.78 is 34.9. The van der Waals surface area contributed by atoms with Crippen LogP contribution in [0.5, 0.6) is 0 Å². The van der Waals surface area contributed by atoms with Crippen molar-refractivity contribution in [2.75, 3.05) is 0 Å². The number of hydrogen-bond donors (Lipinski definition) is 1. The van der Waals surface area contributed by atoms with Crippen LogP contribution in [-0.2, 0) is 17.2 Å². The fraction of sp³-hybridized carbons (Fsp3) is 0.125. The summed E-state index contributed by atoms with van der Waals surface area (Å²) in [7, 11) is -2.66. The van der Waals surface area contributed by atoms with Crippen LogP contribution in [-0.4, -0.2) is 17.5 Å². The summed E-state index contributed by atoms with van der Waals surface area (Å²) >= 11 is 1.22. The van der Waals surface area contributed by atoms with Crippen LogP contribution in [0.4, 0.5) is 0 Å². The predicted molar refractivity (Wildman–Crippen MR) is 58.5 cm³/mol. The van der Waals surface area contributed by atoms with Crippen LogP contribution in [0.3, 0.4) is 0 Å². The Morgan fingerprint density at radius 3 is 2.65 bits per heavy atom. The number of thiazole rings is 1. The zero-order valence-corrected chi connectivity index (χ0v) is 12.9. The van der Waals surface area contributed by atoms with Gasteiger partial charge in [0, 0.05) is 7.05 Å². The molecule has 2 aromatic rings. The van der Waals surface area contributed by atoms with Crippen LogP contribution < -0.4 is 40.2 Å². The molecular formula is C8H8N3NaO3S2. The Kier molecular flexibility index (Phi) is 4.39. The molecule has 2 N–H and O–H groups in total. The van der Waals surface area contributed by atoms with Gasteiger partial charge in [0.25, 0.3) is 0 Å². The van der Waals surface area contributed by atoms with Gasteiger partial charge in [-0.05, 0) is 18.2 Å². The Morgan fingerprint density at radius 1 is 1.47 bits per heavy atom. The van der Waals surface area contributed by atoms with Crippen LogP contribution in [0.1, 0.15) is 0 Å². The standard InChI is InChI=1S/C8H9N3O3S2.Na/c1-11-6-3-2-5(16(12,13)14)4-7(6)15-8(11)10-9;/h2-4H,9H2,1H3,(H,12,13,14);/q;+1/p-1/b10-8+;. The molecule has 0 unspecified atom stereocenters. The van der Waals surface area contributed by atoms with Crippen molar-refractivity contribution in [1.29, 1.82) is 0 Å². The molecule has 1 heterocycles. The van der Waals surface area contributed by atoms with E-state index in [1.165, 1.54) is 23.5 Å². The van der Waals surface area contributed by atoms with E-state index in [4.69, 9.17) is 5.84 Å². The van der Waals surface area contributed by atoms with Gasteiger partial charge in [0.2, 0.25) is 4.80 Å². The van der Waals surface area contributed by atoms with Crippen LogP contribution in [0.2, 0.25) is 0 Å². The number of fused-ring (bicyclic) bond motifs is 1. The van der Waals surface area contributed by atoms with E-state index in [2.05, 4.69) is 5.10 Å². The van der Waals surface area contributed by atoms with Crippen molar-refractivity contribution in [2.45, 2.75) is 4.90 Å². The van der Waals surface area contributed by atoms with E-state index in [9.17, 15) is 13.0 Å². The summed E-state index contributed by atoms with van der Waals surface area (Å²) in [6, 6.07) is 4.17. The number of nitrogens with zero attached hydrogens (tertiary/aromatic N) is 2. The van der Waals surface area contributed by atoms with Crippen LogP contribution in [0.15, 0.2) is 28.2 Å².